The number of hydrogen-bond acceptors (Lipinski definition) is 3. The van der Waals surface area contributed by atoms with Crippen molar-refractivity contribution in [3.8, 4) is 0 Å². The standard InChI is InChI=1S/C17H24N2OS/c18-14-6-3-5-12-9-19(10-13(12)14)17(20)16-8-11-4-1-2-7-15(11)21-16/h8,12-14H,1-7,9-10,18H2. The third-order valence-corrected chi connectivity index (χ3v) is 6.87. The Morgan fingerprint density at radius 2 is 2.05 bits per heavy atom. The highest BCUT2D eigenvalue weighted by Crippen LogP contribution is 2.37. The third-order valence-electron chi connectivity index (χ3n) is 5.65. The second-order valence-electron chi connectivity index (χ2n) is 6.99. The molecule has 1 amide bonds. The lowest BCUT2D eigenvalue weighted by atomic mass is 9.78. The van der Waals surface area contributed by atoms with E-state index in [4.69, 9.17) is 5.73 Å². The van der Waals surface area contributed by atoms with E-state index in [0.717, 1.165) is 30.8 Å². The zero-order valence-corrected chi connectivity index (χ0v) is 13.3. The fraction of sp³-hybridized carbons (Fsp3) is 0.706. The molecule has 3 atom stereocenters. The lowest BCUT2D eigenvalue weighted by molar-refractivity contribution is 0.0788. The predicted octanol–water partition coefficient (Wildman–Crippen LogP) is 2.83. The summed E-state index contributed by atoms with van der Waals surface area (Å²) in [6.45, 7) is 1.81. The molecule has 4 heteroatoms. The molecule has 0 aromatic carbocycles. The van der Waals surface area contributed by atoms with Gasteiger partial charge in [0.2, 0.25) is 0 Å². The number of likely N-dealkylation sites (tertiary alicyclic amines) is 1. The lowest BCUT2D eigenvalue weighted by Crippen LogP contribution is -2.38. The molecule has 1 aromatic rings. The monoisotopic (exact) mass is 304 g/mol. The second kappa shape index (κ2) is 5.40. The minimum atomic E-state index is 0.260. The van der Waals surface area contributed by atoms with Gasteiger partial charge in [0.05, 0.1) is 4.88 Å². The number of carbonyl (C=O) groups excluding carboxylic acids is 1. The van der Waals surface area contributed by atoms with Crippen LogP contribution in [0.25, 0.3) is 0 Å². The summed E-state index contributed by atoms with van der Waals surface area (Å²) in [7, 11) is 0. The highest BCUT2D eigenvalue weighted by molar-refractivity contribution is 7.14. The van der Waals surface area contributed by atoms with Crippen LogP contribution in [0.2, 0.25) is 0 Å². The van der Waals surface area contributed by atoms with Crippen LogP contribution < -0.4 is 5.73 Å². The minimum Gasteiger partial charge on any atom is -0.337 e. The molecule has 2 heterocycles. The summed E-state index contributed by atoms with van der Waals surface area (Å²) < 4.78 is 0. The maximum atomic E-state index is 12.8. The number of carbonyl (C=O) groups is 1. The van der Waals surface area contributed by atoms with Crippen LogP contribution in [-0.2, 0) is 12.8 Å². The van der Waals surface area contributed by atoms with E-state index in [1.54, 1.807) is 11.3 Å². The van der Waals surface area contributed by atoms with Gasteiger partial charge in [0, 0.05) is 24.0 Å². The number of amides is 1. The van der Waals surface area contributed by atoms with Gasteiger partial charge >= 0.3 is 0 Å². The third kappa shape index (κ3) is 2.42. The molecular formula is C17H24N2OS. The SMILES string of the molecule is NC1CCCC2CN(C(=O)c3cc4c(s3)CCCC4)CC12. The molecule has 3 nitrogen and oxygen atoms in total. The number of thiophene rings is 1. The van der Waals surface area contributed by atoms with Crippen LogP contribution in [-0.4, -0.2) is 29.9 Å². The van der Waals surface area contributed by atoms with Gasteiger partial charge in [-0.25, -0.2) is 0 Å². The molecule has 114 valence electrons. The molecule has 2 aliphatic carbocycles. The van der Waals surface area contributed by atoms with Gasteiger partial charge in [-0.2, -0.15) is 0 Å². The van der Waals surface area contributed by atoms with Crippen molar-refractivity contribution in [2.24, 2.45) is 17.6 Å². The molecule has 0 bridgehead atoms. The second-order valence-corrected chi connectivity index (χ2v) is 8.13. The highest BCUT2D eigenvalue weighted by atomic mass is 32.1. The smallest absolute Gasteiger partial charge is 0.263 e. The fourth-order valence-corrected chi connectivity index (χ4v) is 5.66. The Kier molecular flexibility index (Phi) is 3.54. The van der Waals surface area contributed by atoms with Crippen LogP contribution in [0.4, 0.5) is 0 Å². The van der Waals surface area contributed by atoms with Gasteiger partial charge in [-0.1, -0.05) is 6.42 Å². The van der Waals surface area contributed by atoms with Crippen LogP contribution in [0.3, 0.4) is 0 Å². The Hall–Kier alpha value is -0.870. The van der Waals surface area contributed by atoms with Gasteiger partial charge < -0.3 is 10.6 Å². The van der Waals surface area contributed by atoms with Crippen LogP contribution in [0.1, 0.15) is 52.2 Å². The first-order valence-corrected chi connectivity index (χ1v) is 9.20. The van der Waals surface area contributed by atoms with Crippen molar-refractivity contribution < 1.29 is 4.79 Å². The van der Waals surface area contributed by atoms with Crippen LogP contribution in [0, 0.1) is 11.8 Å². The van der Waals surface area contributed by atoms with E-state index in [1.165, 1.54) is 42.5 Å². The van der Waals surface area contributed by atoms with E-state index in [0.29, 0.717) is 17.9 Å². The van der Waals surface area contributed by atoms with Crippen molar-refractivity contribution in [2.45, 2.75) is 51.0 Å². The van der Waals surface area contributed by atoms with Gasteiger partial charge in [0.15, 0.2) is 0 Å². The molecule has 1 saturated carbocycles. The van der Waals surface area contributed by atoms with Crippen molar-refractivity contribution in [3.05, 3.63) is 21.4 Å². The van der Waals surface area contributed by atoms with E-state index < -0.39 is 0 Å². The molecule has 2 N–H and O–H groups in total. The van der Waals surface area contributed by atoms with Crippen LogP contribution in [0.5, 0.6) is 0 Å². The summed E-state index contributed by atoms with van der Waals surface area (Å²) in [5, 5.41) is 0. The zero-order chi connectivity index (χ0) is 14.4. The van der Waals surface area contributed by atoms with E-state index in [9.17, 15) is 4.79 Å². The van der Waals surface area contributed by atoms with Crippen molar-refractivity contribution in [3.63, 3.8) is 0 Å². The van der Waals surface area contributed by atoms with Gasteiger partial charge in [-0.15, -0.1) is 11.3 Å². The first kappa shape index (κ1) is 13.8. The Morgan fingerprint density at radius 1 is 1.19 bits per heavy atom. The van der Waals surface area contributed by atoms with Gasteiger partial charge in [0.25, 0.3) is 5.91 Å². The number of nitrogens with zero attached hydrogens (tertiary/aromatic N) is 1. The van der Waals surface area contributed by atoms with E-state index >= 15 is 0 Å². The largest absolute Gasteiger partial charge is 0.337 e. The maximum Gasteiger partial charge on any atom is 0.263 e. The quantitative estimate of drug-likeness (QED) is 0.867. The average molecular weight is 304 g/mol. The number of nitrogens with two attached hydrogens (primary N) is 1. The minimum absolute atomic E-state index is 0.260. The summed E-state index contributed by atoms with van der Waals surface area (Å²) in [5.74, 6) is 1.44. The summed E-state index contributed by atoms with van der Waals surface area (Å²) in [4.78, 5) is 17.3. The summed E-state index contributed by atoms with van der Waals surface area (Å²) in [6, 6.07) is 2.47. The normalized spacial score (nSPS) is 31.9. The highest BCUT2D eigenvalue weighted by Gasteiger charge is 2.40. The molecule has 1 aliphatic heterocycles. The molecule has 1 saturated heterocycles. The number of rotatable bonds is 1. The maximum absolute atomic E-state index is 12.8. The molecule has 2 fully saturated rings. The Balaban J connectivity index is 1.51. The predicted molar refractivity (Wildman–Crippen MR) is 85.7 cm³/mol. The lowest BCUT2D eigenvalue weighted by Gasteiger charge is -2.29. The molecule has 1 aromatic heterocycles. The number of aryl methyl sites for hydroxylation is 2. The van der Waals surface area contributed by atoms with E-state index in [2.05, 4.69) is 11.0 Å². The molecule has 3 unspecified atom stereocenters. The number of fused-ring (bicyclic) bond motifs is 2. The first-order chi connectivity index (χ1) is 10.2. The Morgan fingerprint density at radius 3 is 2.86 bits per heavy atom. The van der Waals surface area contributed by atoms with Gasteiger partial charge in [0.1, 0.15) is 0 Å². The van der Waals surface area contributed by atoms with Crippen molar-refractivity contribution in [1.82, 2.24) is 4.90 Å². The van der Waals surface area contributed by atoms with Crippen LogP contribution >= 0.6 is 11.3 Å². The molecule has 0 spiro atoms. The average Bonchev–Trinajstić information content (AvgIpc) is 3.11. The van der Waals surface area contributed by atoms with Crippen molar-refractivity contribution >= 4 is 17.2 Å². The summed E-state index contributed by atoms with van der Waals surface area (Å²) >= 11 is 1.74. The summed E-state index contributed by atoms with van der Waals surface area (Å²) in [5.41, 5.74) is 7.70. The molecule has 3 aliphatic rings. The molecule has 0 radical (unpaired) electrons. The number of hydrogen-bond donors (Lipinski definition) is 1. The first-order valence-electron chi connectivity index (χ1n) is 8.39. The van der Waals surface area contributed by atoms with Gasteiger partial charge in [-0.05, 0) is 62.0 Å². The van der Waals surface area contributed by atoms with Crippen molar-refractivity contribution in [1.29, 1.82) is 0 Å². The molecule has 21 heavy (non-hydrogen) atoms. The molecule has 4 rings (SSSR count). The van der Waals surface area contributed by atoms with E-state index in [-0.39, 0.29) is 5.91 Å². The fourth-order valence-electron chi connectivity index (χ4n) is 4.43. The topological polar surface area (TPSA) is 46.3 Å². The Bertz CT molecular complexity index is 529. The van der Waals surface area contributed by atoms with Gasteiger partial charge in [-0.3, -0.25) is 4.79 Å². The van der Waals surface area contributed by atoms with Crippen LogP contribution in [0.15, 0.2) is 6.07 Å². The summed E-state index contributed by atoms with van der Waals surface area (Å²) in [6.07, 6.45) is 8.51. The zero-order valence-electron chi connectivity index (χ0n) is 12.5. The Labute approximate surface area is 130 Å². The van der Waals surface area contributed by atoms with Crippen molar-refractivity contribution in [2.75, 3.05) is 13.1 Å². The van der Waals surface area contributed by atoms with E-state index in [1.807, 2.05) is 0 Å². The molecular weight excluding hydrogens is 280 g/mol.